The van der Waals surface area contributed by atoms with Gasteiger partial charge >= 0.3 is 0 Å². The molecule has 1 amide bonds. The van der Waals surface area contributed by atoms with E-state index in [2.05, 4.69) is 19.2 Å². The van der Waals surface area contributed by atoms with Gasteiger partial charge in [-0.3, -0.25) is 4.79 Å². The molecular weight excluding hydrogens is 262 g/mol. The van der Waals surface area contributed by atoms with E-state index in [0.29, 0.717) is 17.4 Å². The zero-order valence-corrected chi connectivity index (χ0v) is 14.0. The Morgan fingerprint density at radius 2 is 1.71 bits per heavy atom. The van der Waals surface area contributed by atoms with Crippen molar-refractivity contribution in [3.63, 3.8) is 0 Å². The molecule has 0 aliphatic heterocycles. The zero-order chi connectivity index (χ0) is 15.5. The van der Waals surface area contributed by atoms with Gasteiger partial charge in [0, 0.05) is 6.54 Å². The average molecular weight is 293 g/mol. The van der Waals surface area contributed by atoms with E-state index >= 15 is 0 Å². The summed E-state index contributed by atoms with van der Waals surface area (Å²) >= 11 is 0. The van der Waals surface area contributed by atoms with E-state index in [1.165, 1.54) is 19.3 Å². The third kappa shape index (κ3) is 2.62. The lowest BCUT2D eigenvalue weighted by Gasteiger charge is -2.64. The molecule has 0 radical (unpaired) electrons. The second-order valence-electron chi connectivity index (χ2n) is 9.43. The first-order valence-corrected chi connectivity index (χ1v) is 8.62. The largest absolute Gasteiger partial charge is 0.391 e. The summed E-state index contributed by atoms with van der Waals surface area (Å²) in [5.41, 5.74) is 0.573. The summed E-state index contributed by atoms with van der Waals surface area (Å²) in [4.78, 5) is 12.9. The van der Waals surface area contributed by atoms with Crippen LogP contribution >= 0.6 is 0 Å². The molecule has 4 saturated carbocycles. The van der Waals surface area contributed by atoms with E-state index in [-0.39, 0.29) is 17.2 Å². The van der Waals surface area contributed by atoms with Gasteiger partial charge in [0.25, 0.3) is 0 Å². The van der Waals surface area contributed by atoms with Gasteiger partial charge in [-0.05, 0) is 61.2 Å². The number of rotatable bonds is 4. The summed E-state index contributed by atoms with van der Waals surface area (Å²) < 4.78 is 0. The van der Waals surface area contributed by atoms with Crippen molar-refractivity contribution in [2.75, 3.05) is 6.54 Å². The predicted molar refractivity (Wildman–Crippen MR) is 83.7 cm³/mol. The Morgan fingerprint density at radius 1 is 1.14 bits per heavy atom. The van der Waals surface area contributed by atoms with Gasteiger partial charge in [-0.1, -0.05) is 27.7 Å². The van der Waals surface area contributed by atoms with Crippen molar-refractivity contribution in [1.82, 2.24) is 5.32 Å². The lowest BCUT2D eigenvalue weighted by molar-refractivity contribution is -0.170. The fraction of sp³-hybridized carbons (Fsp3) is 0.944. The Labute approximate surface area is 128 Å². The summed E-state index contributed by atoms with van der Waals surface area (Å²) in [6.45, 7) is 9.16. The van der Waals surface area contributed by atoms with Crippen molar-refractivity contribution in [3.05, 3.63) is 0 Å². The molecule has 2 N–H and O–H groups in total. The van der Waals surface area contributed by atoms with E-state index in [9.17, 15) is 9.90 Å². The van der Waals surface area contributed by atoms with Crippen LogP contribution < -0.4 is 5.32 Å². The molecule has 21 heavy (non-hydrogen) atoms. The van der Waals surface area contributed by atoms with Gasteiger partial charge in [-0.15, -0.1) is 0 Å². The van der Waals surface area contributed by atoms with Gasteiger partial charge in [-0.2, -0.15) is 0 Å². The molecule has 0 aromatic carbocycles. The molecular formula is C18H31NO2. The van der Waals surface area contributed by atoms with Crippen LogP contribution in [0.15, 0.2) is 0 Å². The number of nitrogens with one attached hydrogen (secondary N) is 1. The number of aliphatic hydroxyl groups is 1. The minimum atomic E-state index is -0.436. The Balaban J connectivity index is 1.74. The number of aliphatic hydroxyl groups excluding tert-OH is 1. The molecule has 4 rings (SSSR count). The Morgan fingerprint density at radius 3 is 2.19 bits per heavy atom. The molecule has 4 bridgehead atoms. The van der Waals surface area contributed by atoms with Gasteiger partial charge in [0.15, 0.2) is 0 Å². The third-order valence-electron chi connectivity index (χ3n) is 6.35. The quantitative estimate of drug-likeness (QED) is 0.836. The molecule has 4 aliphatic carbocycles. The maximum atomic E-state index is 12.9. The zero-order valence-electron chi connectivity index (χ0n) is 14.0. The van der Waals surface area contributed by atoms with Gasteiger partial charge in [0.1, 0.15) is 0 Å². The van der Waals surface area contributed by atoms with Crippen molar-refractivity contribution >= 4 is 5.91 Å². The SMILES string of the molecule is CC(C)C(O)CNC(=O)C12CC3CC(C)(CC(C)(C3)C1)C2. The standard InChI is InChI=1S/C18H31NO2/c1-12(2)14(20)8-19-15(21)18-7-13-5-16(3,10-18)9-17(4,6-13)11-18/h12-14,20H,5-11H2,1-4H3,(H,19,21). The van der Waals surface area contributed by atoms with E-state index in [0.717, 1.165) is 25.2 Å². The topological polar surface area (TPSA) is 49.3 Å². The highest BCUT2D eigenvalue weighted by Gasteiger charge is 2.62. The molecule has 0 aromatic rings. The van der Waals surface area contributed by atoms with Crippen LogP contribution in [-0.2, 0) is 4.79 Å². The van der Waals surface area contributed by atoms with Gasteiger partial charge < -0.3 is 10.4 Å². The van der Waals surface area contributed by atoms with Crippen LogP contribution in [-0.4, -0.2) is 23.7 Å². The van der Waals surface area contributed by atoms with Crippen LogP contribution in [0.3, 0.4) is 0 Å². The second kappa shape index (κ2) is 4.71. The second-order valence-corrected chi connectivity index (χ2v) is 9.43. The van der Waals surface area contributed by atoms with E-state index in [4.69, 9.17) is 0 Å². The number of carbonyl (C=O) groups excluding carboxylic acids is 1. The molecule has 0 spiro atoms. The molecule has 0 aromatic heterocycles. The molecule has 3 atom stereocenters. The fourth-order valence-corrected chi connectivity index (χ4v) is 6.32. The Bertz CT molecular complexity index is 426. The average Bonchev–Trinajstić information content (AvgIpc) is 2.30. The van der Waals surface area contributed by atoms with Gasteiger partial charge in [0.05, 0.1) is 11.5 Å². The lowest BCUT2D eigenvalue weighted by atomic mass is 9.40. The summed E-state index contributed by atoms with van der Waals surface area (Å²) in [5, 5.41) is 13.0. The Kier molecular flexibility index (Phi) is 3.44. The van der Waals surface area contributed by atoms with Crippen LogP contribution in [0.4, 0.5) is 0 Å². The molecule has 3 unspecified atom stereocenters. The van der Waals surface area contributed by atoms with Crippen LogP contribution in [0, 0.1) is 28.1 Å². The van der Waals surface area contributed by atoms with Gasteiger partial charge in [0.2, 0.25) is 5.91 Å². The van der Waals surface area contributed by atoms with E-state index < -0.39 is 6.10 Å². The van der Waals surface area contributed by atoms with Crippen LogP contribution in [0.5, 0.6) is 0 Å². The molecule has 3 nitrogen and oxygen atoms in total. The van der Waals surface area contributed by atoms with E-state index in [1.54, 1.807) is 0 Å². The molecule has 4 fully saturated rings. The number of carbonyl (C=O) groups is 1. The molecule has 0 heterocycles. The van der Waals surface area contributed by atoms with Crippen molar-refractivity contribution in [1.29, 1.82) is 0 Å². The maximum absolute atomic E-state index is 12.9. The fourth-order valence-electron chi connectivity index (χ4n) is 6.32. The Hall–Kier alpha value is -0.570. The molecule has 4 aliphatic rings. The van der Waals surface area contributed by atoms with Crippen molar-refractivity contribution < 1.29 is 9.90 Å². The molecule has 3 heteroatoms. The highest BCUT2D eigenvalue weighted by molar-refractivity contribution is 5.83. The van der Waals surface area contributed by atoms with Crippen molar-refractivity contribution in [2.45, 2.75) is 72.3 Å². The minimum Gasteiger partial charge on any atom is -0.391 e. The van der Waals surface area contributed by atoms with Gasteiger partial charge in [-0.25, -0.2) is 0 Å². The lowest BCUT2D eigenvalue weighted by Crippen LogP contribution is -2.60. The van der Waals surface area contributed by atoms with Crippen LogP contribution in [0.25, 0.3) is 0 Å². The number of hydrogen-bond donors (Lipinski definition) is 2. The normalized spacial score (nSPS) is 45.9. The number of amides is 1. The highest BCUT2D eigenvalue weighted by Crippen LogP contribution is 2.69. The van der Waals surface area contributed by atoms with Crippen LogP contribution in [0.1, 0.15) is 66.2 Å². The minimum absolute atomic E-state index is 0.153. The summed E-state index contributed by atoms with van der Waals surface area (Å²) in [5.74, 6) is 1.14. The van der Waals surface area contributed by atoms with Crippen molar-refractivity contribution in [3.8, 4) is 0 Å². The van der Waals surface area contributed by atoms with E-state index in [1.807, 2.05) is 13.8 Å². The summed E-state index contributed by atoms with van der Waals surface area (Å²) in [6.07, 6.45) is 6.65. The first-order valence-electron chi connectivity index (χ1n) is 8.62. The summed E-state index contributed by atoms with van der Waals surface area (Å²) in [7, 11) is 0. The summed E-state index contributed by atoms with van der Waals surface area (Å²) in [6, 6.07) is 0. The number of hydrogen-bond acceptors (Lipinski definition) is 2. The maximum Gasteiger partial charge on any atom is 0.226 e. The van der Waals surface area contributed by atoms with Crippen molar-refractivity contribution in [2.24, 2.45) is 28.1 Å². The monoisotopic (exact) mass is 293 g/mol. The molecule has 0 saturated heterocycles. The third-order valence-corrected chi connectivity index (χ3v) is 6.35. The van der Waals surface area contributed by atoms with Crippen LogP contribution in [0.2, 0.25) is 0 Å². The molecule has 120 valence electrons. The smallest absolute Gasteiger partial charge is 0.226 e. The first kappa shape index (κ1) is 15.3. The highest BCUT2D eigenvalue weighted by atomic mass is 16.3. The first-order chi connectivity index (χ1) is 9.65. The predicted octanol–water partition coefficient (Wildman–Crippen LogP) is 3.12.